The zero-order valence-corrected chi connectivity index (χ0v) is 18.4. The van der Waals surface area contributed by atoms with Crippen molar-refractivity contribution in [2.75, 3.05) is 6.61 Å². The van der Waals surface area contributed by atoms with Gasteiger partial charge in [0.05, 0.1) is 12.2 Å². The summed E-state index contributed by atoms with van der Waals surface area (Å²) in [5.74, 6) is 5.40. The Bertz CT molecular complexity index is 651. The van der Waals surface area contributed by atoms with Gasteiger partial charge in [-0.1, -0.05) is 77.1 Å². The van der Waals surface area contributed by atoms with Crippen LogP contribution in [-0.4, -0.2) is 6.61 Å². The first kappa shape index (κ1) is 23.7. The van der Waals surface area contributed by atoms with Crippen LogP contribution in [0.5, 0.6) is 5.75 Å². The summed E-state index contributed by atoms with van der Waals surface area (Å²) in [5.41, 5.74) is 0.140. The summed E-state index contributed by atoms with van der Waals surface area (Å²) >= 11 is 0. The molecule has 1 aromatic rings. The van der Waals surface area contributed by atoms with Crippen LogP contribution in [-0.2, 0) is 0 Å². The van der Waals surface area contributed by atoms with Crippen molar-refractivity contribution in [2.45, 2.75) is 97.3 Å². The molecule has 0 aromatic heterocycles. The lowest BCUT2D eigenvalue weighted by Crippen LogP contribution is -2.13. The molecule has 0 radical (unpaired) electrons. The molecule has 3 heteroatoms. The number of hydrogen-bond acceptors (Lipinski definition) is 1. The van der Waals surface area contributed by atoms with Gasteiger partial charge in [0.25, 0.3) is 0 Å². The molecule has 29 heavy (non-hydrogen) atoms. The summed E-state index contributed by atoms with van der Waals surface area (Å²) in [5, 5.41) is 0. The van der Waals surface area contributed by atoms with Crippen LogP contribution in [0, 0.1) is 35.3 Å². The van der Waals surface area contributed by atoms with Gasteiger partial charge in [0.2, 0.25) is 5.82 Å². The van der Waals surface area contributed by atoms with Crippen LogP contribution >= 0.6 is 0 Å². The van der Waals surface area contributed by atoms with E-state index < -0.39 is 11.6 Å². The Hall–Kier alpha value is -1.56. The average molecular weight is 405 g/mol. The van der Waals surface area contributed by atoms with Crippen molar-refractivity contribution < 1.29 is 13.5 Å². The summed E-state index contributed by atoms with van der Waals surface area (Å²) in [4.78, 5) is 0. The van der Waals surface area contributed by atoms with Gasteiger partial charge in [0.15, 0.2) is 11.6 Å². The molecular formula is C26H38F2O. The largest absolute Gasteiger partial charge is 0.490 e. The van der Waals surface area contributed by atoms with E-state index in [-0.39, 0.29) is 11.3 Å². The van der Waals surface area contributed by atoms with E-state index in [1.54, 1.807) is 6.07 Å². The fraction of sp³-hybridized carbons (Fsp3) is 0.692. The van der Waals surface area contributed by atoms with Gasteiger partial charge in [-0.2, -0.15) is 4.39 Å². The summed E-state index contributed by atoms with van der Waals surface area (Å²) < 4.78 is 33.9. The second-order valence-corrected chi connectivity index (χ2v) is 8.48. The molecular weight excluding hydrogens is 366 g/mol. The summed E-state index contributed by atoms with van der Waals surface area (Å²) in [6, 6.07) is 3.05. The number of halogens is 2. The first-order valence-corrected chi connectivity index (χ1v) is 11.8. The number of unbranched alkanes of at least 4 members (excludes halogenated alkanes) is 6. The van der Waals surface area contributed by atoms with E-state index >= 15 is 0 Å². The zero-order chi connectivity index (χ0) is 20.9. The van der Waals surface area contributed by atoms with Crippen molar-refractivity contribution >= 4 is 0 Å². The second-order valence-electron chi connectivity index (χ2n) is 8.48. The van der Waals surface area contributed by atoms with Crippen molar-refractivity contribution in [2.24, 2.45) is 11.8 Å². The highest BCUT2D eigenvalue weighted by molar-refractivity contribution is 5.41. The monoisotopic (exact) mass is 404 g/mol. The lowest BCUT2D eigenvalue weighted by Gasteiger charge is -2.25. The summed E-state index contributed by atoms with van der Waals surface area (Å²) in [7, 11) is 0. The minimum Gasteiger partial charge on any atom is -0.490 e. The maximum Gasteiger partial charge on any atom is 0.201 e. The molecule has 0 unspecified atom stereocenters. The Balaban J connectivity index is 1.79. The Kier molecular flexibility index (Phi) is 11.1. The van der Waals surface area contributed by atoms with E-state index in [2.05, 4.69) is 25.7 Å². The molecule has 0 aliphatic heterocycles. The van der Waals surface area contributed by atoms with Crippen LogP contribution in [0.15, 0.2) is 12.1 Å². The van der Waals surface area contributed by atoms with Crippen LogP contribution in [0.1, 0.15) is 103 Å². The minimum atomic E-state index is -0.917. The highest BCUT2D eigenvalue weighted by Gasteiger charge is 2.20. The minimum absolute atomic E-state index is 0.0106. The van der Waals surface area contributed by atoms with Gasteiger partial charge in [0, 0.05) is 5.92 Å². The molecule has 1 aromatic carbocycles. The van der Waals surface area contributed by atoms with E-state index in [0.29, 0.717) is 12.5 Å². The lowest BCUT2D eigenvalue weighted by molar-refractivity contribution is 0.286. The average Bonchev–Trinajstić information content (AvgIpc) is 2.74. The first-order valence-electron chi connectivity index (χ1n) is 11.8. The van der Waals surface area contributed by atoms with E-state index in [1.165, 1.54) is 57.4 Å². The highest BCUT2D eigenvalue weighted by atomic mass is 19.2. The van der Waals surface area contributed by atoms with Crippen molar-refractivity contribution in [1.29, 1.82) is 0 Å². The maximum absolute atomic E-state index is 14.3. The molecule has 0 bridgehead atoms. The third-order valence-electron chi connectivity index (χ3n) is 6.03. The van der Waals surface area contributed by atoms with Crippen LogP contribution < -0.4 is 4.74 Å². The van der Waals surface area contributed by atoms with Gasteiger partial charge in [0.1, 0.15) is 0 Å². The zero-order valence-electron chi connectivity index (χ0n) is 18.4. The van der Waals surface area contributed by atoms with Crippen molar-refractivity contribution in [1.82, 2.24) is 0 Å². The van der Waals surface area contributed by atoms with Crippen LogP contribution in [0.3, 0.4) is 0 Å². The van der Waals surface area contributed by atoms with Gasteiger partial charge in [-0.25, -0.2) is 4.39 Å². The number of hydrogen-bond donors (Lipinski definition) is 0. The number of rotatable bonds is 11. The van der Waals surface area contributed by atoms with Crippen molar-refractivity contribution in [3.8, 4) is 17.6 Å². The smallest absolute Gasteiger partial charge is 0.201 e. The maximum atomic E-state index is 14.3. The molecule has 0 spiro atoms. The second kappa shape index (κ2) is 13.6. The molecule has 1 aliphatic rings. The molecule has 1 saturated carbocycles. The van der Waals surface area contributed by atoms with E-state index in [0.717, 1.165) is 38.0 Å². The fourth-order valence-corrected chi connectivity index (χ4v) is 4.09. The molecule has 0 atom stereocenters. The molecule has 1 nitrogen and oxygen atoms in total. The first-order chi connectivity index (χ1) is 14.2. The lowest BCUT2D eigenvalue weighted by atomic mass is 9.80. The predicted molar refractivity (Wildman–Crippen MR) is 117 cm³/mol. The summed E-state index contributed by atoms with van der Waals surface area (Å²) in [6.45, 7) is 4.76. The van der Waals surface area contributed by atoms with Gasteiger partial charge in [-0.05, 0) is 50.2 Å². The number of ether oxygens (including phenoxy) is 1. The molecule has 0 heterocycles. The molecule has 2 rings (SSSR count). The quantitative estimate of drug-likeness (QED) is 0.268. The van der Waals surface area contributed by atoms with Gasteiger partial charge >= 0.3 is 0 Å². The van der Waals surface area contributed by atoms with Crippen LogP contribution in [0.4, 0.5) is 8.78 Å². The Morgan fingerprint density at radius 2 is 1.55 bits per heavy atom. The Morgan fingerprint density at radius 1 is 0.862 bits per heavy atom. The standard InChI is InChI=1S/C26H38F2O/c1-3-5-7-8-9-11-21-12-14-22(15-13-21)16-17-23-18-19-24(26(28)25(23)27)29-20-10-6-4-2/h18-19,21-22H,3-15,20H2,1-2H3. The van der Waals surface area contributed by atoms with Gasteiger partial charge in [-0.3, -0.25) is 0 Å². The van der Waals surface area contributed by atoms with Gasteiger partial charge < -0.3 is 4.74 Å². The van der Waals surface area contributed by atoms with E-state index in [1.807, 2.05) is 0 Å². The van der Waals surface area contributed by atoms with Gasteiger partial charge in [-0.15, -0.1) is 0 Å². The molecule has 1 aliphatic carbocycles. The van der Waals surface area contributed by atoms with E-state index in [9.17, 15) is 8.78 Å². The third kappa shape index (κ3) is 8.37. The Morgan fingerprint density at radius 3 is 2.28 bits per heavy atom. The predicted octanol–water partition coefficient (Wildman–Crippen LogP) is 8.05. The Labute approximate surface area is 176 Å². The molecule has 0 saturated heterocycles. The topological polar surface area (TPSA) is 9.23 Å². The van der Waals surface area contributed by atoms with Crippen LogP contribution in [0.25, 0.3) is 0 Å². The molecule has 0 N–H and O–H groups in total. The third-order valence-corrected chi connectivity index (χ3v) is 6.03. The van der Waals surface area contributed by atoms with Crippen LogP contribution in [0.2, 0.25) is 0 Å². The normalized spacial score (nSPS) is 18.9. The summed E-state index contributed by atoms with van der Waals surface area (Å²) in [6.07, 6.45) is 15.6. The van der Waals surface area contributed by atoms with E-state index in [4.69, 9.17) is 4.74 Å². The van der Waals surface area contributed by atoms with Crippen molar-refractivity contribution in [3.63, 3.8) is 0 Å². The number of benzene rings is 1. The molecule has 1 fully saturated rings. The highest BCUT2D eigenvalue weighted by Crippen LogP contribution is 2.32. The molecule has 0 amide bonds. The SMILES string of the molecule is CCCCCCCC1CCC(C#Cc2ccc(OCCCCC)c(F)c2F)CC1. The van der Waals surface area contributed by atoms with Crippen molar-refractivity contribution in [3.05, 3.63) is 29.3 Å². The molecule has 162 valence electrons. The fourth-order valence-electron chi connectivity index (χ4n) is 4.09.